The molecule has 0 aliphatic carbocycles. The molecule has 0 atom stereocenters. The Kier molecular flexibility index (Phi) is 3.24. The van der Waals surface area contributed by atoms with Crippen molar-refractivity contribution in [2.24, 2.45) is 5.73 Å². The quantitative estimate of drug-likeness (QED) is 0.886. The minimum Gasteiger partial charge on any atom is -0.437 e. The highest BCUT2D eigenvalue weighted by atomic mass is 19.2. The molecule has 0 bridgehead atoms. The highest BCUT2D eigenvalue weighted by Gasteiger charge is 2.05. The van der Waals surface area contributed by atoms with Crippen LogP contribution in [0, 0.1) is 11.6 Å². The maximum atomic E-state index is 12.9. The number of aromatic nitrogens is 2. The number of ether oxygens (including phenoxy) is 1. The molecular formula is C11H9F2N3O. The zero-order valence-corrected chi connectivity index (χ0v) is 8.73. The van der Waals surface area contributed by atoms with Gasteiger partial charge in [-0.3, -0.25) is 0 Å². The van der Waals surface area contributed by atoms with E-state index in [0.717, 1.165) is 12.1 Å². The predicted octanol–water partition coefficient (Wildman–Crippen LogP) is 2.01. The van der Waals surface area contributed by atoms with Crippen molar-refractivity contribution in [3.63, 3.8) is 0 Å². The molecule has 0 saturated heterocycles. The standard InChI is InChI=1S/C11H9F2N3O/c12-9-3-2-8(5-10(9)13)17-11-4-1-7(6-14)15-16-11/h1-5H,6,14H2. The molecule has 0 aliphatic heterocycles. The summed E-state index contributed by atoms with van der Waals surface area (Å²) in [7, 11) is 0. The van der Waals surface area contributed by atoms with Crippen molar-refractivity contribution < 1.29 is 13.5 Å². The molecular weight excluding hydrogens is 228 g/mol. The molecule has 0 fully saturated rings. The molecule has 0 unspecified atom stereocenters. The van der Waals surface area contributed by atoms with Gasteiger partial charge in [-0.15, -0.1) is 5.10 Å². The highest BCUT2D eigenvalue weighted by Crippen LogP contribution is 2.20. The lowest BCUT2D eigenvalue weighted by Gasteiger charge is -2.04. The Morgan fingerprint density at radius 3 is 2.47 bits per heavy atom. The molecule has 0 amide bonds. The first-order valence-electron chi connectivity index (χ1n) is 4.84. The second-order valence-electron chi connectivity index (χ2n) is 3.25. The van der Waals surface area contributed by atoms with E-state index in [1.54, 1.807) is 12.1 Å². The molecule has 0 aliphatic rings. The van der Waals surface area contributed by atoms with Crippen molar-refractivity contribution in [2.75, 3.05) is 0 Å². The Balaban J connectivity index is 2.16. The van der Waals surface area contributed by atoms with Gasteiger partial charge in [0, 0.05) is 18.7 Å². The monoisotopic (exact) mass is 237 g/mol. The first-order chi connectivity index (χ1) is 8.19. The van der Waals surface area contributed by atoms with Crippen LogP contribution in [-0.4, -0.2) is 10.2 Å². The first kappa shape index (κ1) is 11.4. The topological polar surface area (TPSA) is 61.0 Å². The summed E-state index contributed by atoms with van der Waals surface area (Å²) in [5, 5.41) is 7.49. The van der Waals surface area contributed by atoms with Crippen LogP contribution < -0.4 is 10.5 Å². The number of benzene rings is 1. The van der Waals surface area contributed by atoms with Crippen molar-refractivity contribution in [1.29, 1.82) is 0 Å². The van der Waals surface area contributed by atoms with Gasteiger partial charge in [0.1, 0.15) is 5.75 Å². The van der Waals surface area contributed by atoms with Crippen molar-refractivity contribution in [3.8, 4) is 11.6 Å². The molecule has 17 heavy (non-hydrogen) atoms. The Bertz CT molecular complexity index is 517. The molecule has 4 nitrogen and oxygen atoms in total. The van der Waals surface area contributed by atoms with E-state index >= 15 is 0 Å². The van der Waals surface area contributed by atoms with E-state index in [2.05, 4.69) is 10.2 Å². The fourth-order valence-corrected chi connectivity index (χ4v) is 1.17. The fourth-order valence-electron chi connectivity index (χ4n) is 1.17. The number of rotatable bonds is 3. The third-order valence-electron chi connectivity index (χ3n) is 2.02. The van der Waals surface area contributed by atoms with E-state index in [9.17, 15) is 8.78 Å². The highest BCUT2D eigenvalue weighted by molar-refractivity contribution is 5.27. The van der Waals surface area contributed by atoms with Crippen LogP contribution in [-0.2, 0) is 6.54 Å². The molecule has 0 saturated carbocycles. The van der Waals surface area contributed by atoms with Gasteiger partial charge >= 0.3 is 0 Å². The Morgan fingerprint density at radius 2 is 1.88 bits per heavy atom. The molecule has 88 valence electrons. The smallest absolute Gasteiger partial charge is 0.238 e. The summed E-state index contributed by atoms with van der Waals surface area (Å²) in [4.78, 5) is 0. The third kappa shape index (κ3) is 2.73. The molecule has 1 aromatic carbocycles. The van der Waals surface area contributed by atoms with Gasteiger partial charge < -0.3 is 10.5 Å². The van der Waals surface area contributed by atoms with Crippen molar-refractivity contribution in [2.45, 2.75) is 6.54 Å². The molecule has 1 heterocycles. The summed E-state index contributed by atoms with van der Waals surface area (Å²) in [5.74, 6) is -1.57. The van der Waals surface area contributed by atoms with Crippen LogP contribution in [0.4, 0.5) is 8.78 Å². The van der Waals surface area contributed by atoms with Crippen molar-refractivity contribution in [1.82, 2.24) is 10.2 Å². The Labute approximate surface area is 96.0 Å². The number of hydrogen-bond acceptors (Lipinski definition) is 4. The van der Waals surface area contributed by atoms with E-state index < -0.39 is 11.6 Å². The molecule has 2 rings (SSSR count). The number of halogens is 2. The van der Waals surface area contributed by atoms with Gasteiger partial charge in [-0.1, -0.05) is 0 Å². The van der Waals surface area contributed by atoms with Gasteiger partial charge in [0.25, 0.3) is 0 Å². The average Bonchev–Trinajstić information content (AvgIpc) is 2.35. The third-order valence-corrected chi connectivity index (χ3v) is 2.02. The van der Waals surface area contributed by atoms with E-state index in [1.165, 1.54) is 6.07 Å². The van der Waals surface area contributed by atoms with E-state index in [1.807, 2.05) is 0 Å². The minimum atomic E-state index is -0.978. The summed E-state index contributed by atoms with van der Waals surface area (Å²) < 4.78 is 30.7. The minimum absolute atomic E-state index is 0.152. The predicted molar refractivity (Wildman–Crippen MR) is 56.4 cm³/mol. The lowest BCUT2D eigenvalue weighted by Crippen LogP contribution is -2.01. The SMILES string of the molecule is NCc1ccc(Oc2ccc(F)c(F)c2)nn1. The first-order valence-corrected chi connectivity index (χ1v) is 4.84. The van der Waals surface area contributed by atoms with E-state index in [0.29, 0.717) is 5.69 Å². The van der Waals surface area contributed by atoms with Crippen LogP contribution in [0.1, 0.15) is 5.69 Å². The lowest BCUT2D eigenvalue weighted by atomic mass is 10.3. The number of nitrogens with zero attached hydrogens (tertiary/aromatic N) is 2. The van der Waals surface area contributed by atoms with Gasteiger partial charge in [0.2, 0.25) is 5.88 Å². The average molecular weight is 237 g/mol. The van der Waals surface area contributed by atoms with Crippen LogP contribution >= 0.6 is 0 Å². The van der Waals surface area contributed by atoms with Gasteiger partial charge in [-0.05, 0) is 18.2 Å². The summed E-state index contributed by atoms with van der Waals surface area (Å²) >= 11 is 0. The van der Waals surface area contributed by atoms with Gasteiger partial charge in [-0.25, -0.2) is 8.78 Å². The normalized spacial score (nSPS) is 10.3. The zero-order valence-electron chi connectivity index (χ0n) is 8.73. The summed E-state index contributed by atoms with van der Waals surface area (Å²) in [6, 6.07) is 6.41. The van der Waals surface area contributed by atoms with Crippen LogP contribution in [0.5, 0.6) is 11.6 Å². The largest absolute Gasteiger partial charge is 0.437 e. The van der Waals surface area contributed by atoms with Crippen LogP contribution in [0.15, 0.2) is 30.3 Å². The van der Waals surface area contributed by atoms with Gasteiger partial charge in [0.15, 0.2) is 11.6 Å². The molecule has 0 spiro atoms. The molecule has 6 heteroatoms. The van der Waals surface area contributed by atoms with Crippen LogP contribution in [0.2, 0.25) is 0 Å². The Morgan fingerprint density at radius 1 is 1.06 bits per heavy atom. The maximum absolute atomic E-state index is 12.9. The van der Waals surface area contributed by atoms with Crippen LogP contribution in [0.25, 0.3) is 0 Å². The molecule has 1 aromatic heterocycles. The van der Waals surface area contributed by atoms with Crippen molar-refractivity contribution in [3.05, 3.63) is 47.7 Å². The fraction of sp³-hybridized carbons (Fsp3) is 0.0909. The number of hydrogen-bond donors (Lipinski definition) is 1. The maximum Gasteiger partial charge on any atom is 0.238 e. The summed E-state index contributed by atoms with van der Waals surface area (Å²) in [6.07, 6.45) is 0. The van der Waals surface area contributed by atoms with E-state index in [-0.39, 0.29) is 18.2 Å². The van der Waals surface area contributed by atoms with Crippen LogP contribution in [0.3, 0.4) is 0 Å². The number of nitrogens with two attached hydrogens (primary N) is 1. The second kappa shape index (κ2) is 4.84. The Hall–Kier alpha value is -2.08. The van der Waals surface area contributed by atoms with Crippen molar-refractivity contribution >= 4 is 0 Å². The second-order valence-corrected chi connectivity index (χ2v) is 3.25. The summed E-state index contributed by atoms with van der Waals surface area (Å²) in [5.41, 5.74) is 5.97. The molecule has 0 radical (unpaired) electrons. The summed E-state index contributed by atoms with van der Waals surface area (Å²) in [6.45, 7) is 0.276. The zero-order chi connectivity index (χ0) is 12.3. The van der Waals surface area contributed by atoms with E-state index in [4.69, 9.17) is 10.5 Å². The van der Waals surface area contributed by atoms with Gasteiger partial charge in [-0.2, -0.15) is 5.10 Å². The molecule has 2 aromatic rings. The van der Waals surface area contributed by atoms with Gasteiger partial charge in [0.05, 0.1) is 5.69 Å². The molecule has 2 N–H and O–H groups in total. The lowest BCUT2D eigenvalue weighted by molar-refractivity contribution is 0.441.